The summed E-state index contributed by atoms with van der Waals surface area (Å²) in [6.45, 7) is 8.57. The molecule has 20 heavy (non-hydrogen) atoms. The van der Waals surface area contributed by atoms with Crippen LogP contribution in [0.2, 0.25) is 0 Å². The summed E-state index contributed by atoms with van der Waals surface area (Å²) in [6, 6.07) is 3.97. The highest BCUT2D eigenvalue weighted by atomic mass is 16.5. The van der Waals surface area contributed by atoms with Gasteiger partial charge in [-0.15, -0.1) is 0 Å². The van der Waals surface area contributed by atoms with Crippen molar-refractivity contribution >= 4 is 0 Å². The molecule has 0 radical (unpaired) electrons. The molecule has 2 aromatic rings. The molecular formula is C15H22N4O. The number of pyridine rings is 1. The lowest BCUT2D eigenvalue weighted by Gasteiger charge is -2.13. The average molecular weight is 274 g/mol. The number of rotatable bonds is 7. The Labute approximate surface area is 120 Å². The van der Waals surface area contributed by atoms with E-state index in [9.17, 15) is 0 Å². The van der Waals surface area contributed by atoms with Crippen molar-refractivity contribution in [3.05, 3.63) is 42.1 Å². The van der Waals surface area contributed by atoms with Crippen LogP contribution in [0.1, 0.15) is 32.0 Å². The molecular weight excluding hydrogens is 252 g/mol. The molecule has 0 unspecified atom stereocenters. The summed E-state index contributed by atoms with van der Waals surface area (Å²) in [5.41, 5.74) is 2.26. The van der Waals surface area contributed by atoms with Gasteiger partial charge in [0.25, 0.3) is 0 Å². The SMILES string of the molecule is CCn1cncc1CNCc1cccnc1OC(C)C. The van der Waals surface area contributed by atoms with E-state index >= 15 is 0 Å². The third-order valence-corrected chi connectivity index (χ3v) is 2.96. The number of nitrogens with one attached hydrogen (secondary N) is 1. The second-order valence-corrected chi connectivity index (χ2v) is 4.91. The number of hydrogen-bond acceptors (Lipinski definition) is 4. The summed E-state index contributed by atoms with van der Waals surface area (Å²) in [5.74, 6) is 0.707. The predicted molar refractivity (Wildman–Crippen MR) is 78.4 cm³/mol. The van der Waals surface area contributed by atoms with Crippen LogP contribution in [-0.4, -0.2) is 20.6 Å². The molecule has 0 saturated heterocycles. The average Bonchev–Trinajstić information content (AvgIpc) is 2.87. The minimum Gasteiger partial charge on any atom is -0.475 e. The van der Waals surface area contributed by atoms with Gasteiger partial charge in [-0.05, 0) is 26.8 Å². The van der Waals surface area contributed by atoms with Crippen LogP contribution in [0.3, 0.4) is 0 Å². The molecule has 0 aliphatic heterocycles. The number of hydrogen-bond donors (Lipinski definition) is 1. The maximum Gasteiger partial charge on any atom is 0.218 e. The van der Waals surface area contributed by atoms with Crippen molar-refractivity contribution in [2.45, 2.75) is 46.5 Å². The van der Waals surface area contributed by atoms with Crippen molar-refractivity contribution in [1.29, 1.82) is 0 Å². The maximum absolute atomic E-state index is 5.71. The van der Waals surface area contributed by atoms with Crippen molar-refractivity contribution in [3.63, 3.8) is 0 Å². The third-order valence-electron chi connectivity index (χ3n) is 2.96. The monoisotopic (exact) mass is 274 g/mol. The van der Waals surface area contributed by atoms with Crippen LogP contribution in [0.5, 0.6) is 5.88 Å². The van der Waals surface area contributed by atoms with Crippen LogP contribution in [0.4, 0.5) is 0 Å². The molecule has 0 saturated carbocycles. The van der Waals surface area contributed by atoms with E-state index in [1.807, 2.05) is 38.5 Å². The van der Waals surface area contributed by atoms with Gasteiger partial charge in [0.05, 0.1) is 18.1 Å². The Balaban J connectivity index is 1.94. The van der Waals surface area contributed by atoms with E-state index < -0.39 is 0 Å². The standard InChI is InChI=1S/C15H22N4O/c1-4-19-11-17-10-14(19)9-16-8-13-6-5-7-18-15(13)20-12(2)3/h5-7,10-12,16H,4,8-9H2,1-3H3. The molecule has 0 spiro atoms. The lowest BCUT2D eigenvalue weighted by molar-refractivity contribution is 0.229. The lowest BCUT2D eigenvalue weighted by atomic mass is 10.2. The van der Waals surface area contributed by atoms with Gasteiger partial charge in [-0.3, -0.25) is 0 Å². The number of aromatic nitrogens is 3. The van der Waals surface area contributed by atoms with E-state index in [1.165, 1.54) is 5.69 Å². The van der Waals surface area contributed by atoms with Gasteiger partial charge in [0.2, 0.25) is 5.88 Å². The molecule has 0 aliphatic carbocycles. The molecule has 0 aliphatic rings. The fourth-order valence-corrected chi connectivity index (χ4v) is 1.99. The van der Waals surface area contributed by atoms with Gasteiger partial charge in [0.1, 0.15) is 0 Å². The van der Waals surface area contributed by atoms with Crippen LogP contribution in [0, 0.1) is 0 Å². The van der Waals surface area contributed by atoms with Gasteiger partial charge in [0.15, 0.2) is 0 Å². The molecule has 2 rings (SSSR count). The second-order valence-electron chi connectivity index (χ2n) is 4.91. The topological polar surface area (TPSA) is 52.0 Å². The molecule has 0 atom stereocenters. The van der Waals surface area contributed by atoms with Crippen molar-refractivity contribution in [2.24, 2.45) is 0 Å². The predicted octanol–water partition coefficient (Wildman–Crippen LogP) is 2.38. The first-order valence-corrected chi connectivity index (χ1v) is 7.01. The molecule has 0 amide bonds. The van der Waals surface area contributed by atoms with Gasteiger partial charge in [-0.2, -0.15) is 0 Å². The minimum absolute atomic E-state index is 0.130. The normalized spacial score (nSPS) is 11.0. The zero-order valence-electron chi connectivity index (χ0n) is 12.3. The zero-order valence-corrected chi connectivity index (χ0v) is 12.3. The summed E-state index contributed by atoms with van der Waals surface area (Å²) >= 11 is 0. The fraction of sp³-hybridized carbons (Fsp3) is 0.467. The Morgan fingerprint density at radius 2 is 2.20 bits per heavy atom. The highest BCUT2D eigenvalue weighted by Gasteiger charge is 2.07. The van der Waals surface area contributed by atoms with Crippen LogP contribution in [0.15, 0.2) is 30.9 Å². The zero-order chi connectivity index (χ0) is 14.4. The number of ether oxygens (including phenoxy) is 1. The molecule has 0 fully saturated rings. The largest absolute Gasteiger partial charge is 0.475 e. The van der Waals surface area contributed by atoms with E-state index in [0.717, 1.165) is 25.2 Å². The van der Waals surface area contributed by atoms with Crippen molar-refractivity contribution < 1.29 is 4.74 Å². The van der Waals surface area contributed by atoms with Gasteiger partial charge < -0.3 is 14.6 Å². The Morgan fingerprint density at radius 1 is 1.35 bits per heavy atom. The highest BCUT2D eigenvalue weighted by molar-refractivity contribution is 5.25. The van der Waals surface area contributed by atoms with Crippen LogP contribution in [0.25, 0.3) is 0 Å². The summed E-state index contributed by atoms with van der Waals surface area (Å²) in [4.78, 5) is 8.45. The summed E-state index contributed by atoms with van der Waals surface area (Å²) < 4.78 is 7.84. The fourth-order valence-electron chi connectivity index (χ4n) is 1.99. The third kappa shape index (κ3) is 3.81. The number of aryl methyl sites for hydroxylation is 1. The molecule has 5 heteroatoms. The summed E-state index contributed by atoms with van der Waals surface area (Å²) in [6.07, 6.45) is 5.64. The Kier molecular flexibility index (Phi) is 5.12. The Hall–Kier alpha value is -1.88. The van der Waals surface area contributed by atoms with Gasteiger partial charge in [-0.1, -0.05) is 6.07 Å². The number of imidazole rings is 1. The first-order chi connectivity index (χ1) is 9.70. The van der Waals surface area contributed by atoms with Crippen LogP contribution >= 0.6 is 0 Å². The van der Waals surface area contributed by atoms with E-state index in [4.69, 9.17) is 4.74 Å². The molecule has 108 valence electrons. The first-order valence-electron chi connectivity index (χ1n) is 7.01. The summed E-state index contributed by atoms with van der Waals surface area (Å²) in [7, 11) is 0. The van der Waals surface area contributed by atoms with Crippen molar-refractivity contribution in [1.82, 2.24) is 19.9 Å². The van der Waals surface area contributed by atoms with E-state index in [1.54, 1.807) is 6.20 Å². The molecule has 5 nitrogen and oxygen atoms in total. The summed E-state index contributed by atoms with van der Waals surface area (Å²) in [5, 5.41) is 3.41. The maximum atomic E-state index is 5.71. The highest BCUT2D eigenvalue weighted by Crippen LogP contribution is 2.15. The minimum atomic E-state index is 0.130. The van der Waals surface area contributed by atoms with E-state index in [0.29, 0.717) is 5.88 Å². The van der Waals surface area contributed by atoms with Crippen molar-refractivity contribution in [3.8, 4) is 5.88 Å². The van der Waals surface area contributed by atoms with E-state index in [2.05, 4.69) is 26.8 Å². The van der Waals surface area contributed by atoms with Crippen LogP contribution in [-0.2, 0) is 19.6 Å². The molecule has 2 heterocycles. The molecule has 1 N–H and O–H groups in total. The smallest absolute Gasteiger partial charge is 0.218 e. The van der Waals surface area contributed by atoms with E-state index in [-0.39, 0.29) is 6.10 Å². The Bertz CT molecular complexity index is 536. The van der Waals surface area contributed by atoms with Gasteiger partial charge >= 0.3 is 0 Å². The molecule has 0 bridgehead atoms. The number of nitrogens with zero attached hydrogens (tertiary/aromatic N) is 3. The quantitative estimate of drug-likeness (QED) is 0.842. The first kappa shape index (κ1) is 14.5. The van der Waals surface area contributed by atoms with Crippen LogP contribution < -0.4 is 10.1 Å². The Morgan fingerprint density at radius 3 is 2.95 bits per heavy atom. The lowest BCUT2D eigenvalue weighted by Crippen LogP contribution is -2.17. The second kappa shape index (κ2) is 7.05. The van der Waals surface area contributed by atoms with Crippen molar-refractivity contribution in [2.75, 3.05) is 0 Å². The van der Waals surface area contributed by atoms with Gasteiger partial charge in [-0.25, -0.2) is 9.97 Å². The molecule has 2 aromatic heterocycles. The van der Waals surface area contributed by atoms with Gasteiger partial charge in [0, 0.05) is 37.6 Å². The molecule has 0 aromatic carbocycles.